The van der Waals surface area contributed by atoms with E-state index in [2.05, 4.69) is 17.5 Å². The molecule has 0 fully saturated rings. The second kappa shape index (κ2) is 14.9. The van der Waals surface area contributed by atoms with Gasteiger partial charge in [0.1, 0.15) is 0 Å². The average Bonchev–Trinajstić information content (AvgIpc) is 2.61. The summed E-state index contributed by atoms with van der Waals surface area (Å²) in [6, 6.07) is 7.33. The number of nitrogens with one attached hydrogen (secondary N) is 1. The molecule has 1 rings (SSSR count). The average molecular weight is 365 g/mol. The van der Waals surface area contributed by atoms with Gasteiger partial charge >= 0.3 is 0 Å². The summed E-state index contributed by atoms with van der Waals surface area (Å²) in [5, 5.41) is 4.67. The number of unbranched alkanes of at least 4 members (excludes halogenated alkanes) is 10. The van der Waals surface area contributed by atoms with Crippen molar-refractivity contribution in [3.05, 3.63) is 34.9 Å². The third-order valence-corrected chi connectivity index (χ3v) is 4.53. The number of carbonyl (C=O) groups is 1. The smallest absolute Gasteiger partial charge is 0.240 e. The van der Waals surface area contributed by atoms with Crippen molar-refractivity contribution in [2.45, 2.75) is 84.0 Å². The maximum atomic E-state index is 11.7. The van der Waals surface area contributed by atoms with Gasteiger partial charge in [0.25, 0.3) is 0 Å². The van der Waals surface area contributed by atoms with Crippen molar-refractivity contribution in [3.8, 4) is 0 Å². The Hall–Kier alpha value is -1.35. The lowest BCUT2D eigenvalue weighted by molar-refractivity contribution is -0.121. The monoisotopic (exact) mass is 364 g/mol. The van der Waals surface area contributed by atoms with Gasteiger partial charge in [0, 0.05) is 11.4 Å². The van der Waals surface area contributed by atoms with Crippen LogP contribution in [0, 0.1) is 0 Å². The summed E-state index contributed by atoms with van der Waals surface area (Å²) >= 11 is 5.82. The van der Waals surface area contributed by atoms with Crippen LogP contribution in [0.2, 0.25) is 5.02 Å². The molecule has 0 unspecified atom stereocenters. The first-order valence-corrected chi connectivity index (χ1v) is 10.2. The highest BCUT2D eigenvalue weighted by Gasteiger charge is 1.99. The lowest BCUT2D eigenvalue weighted by Crippen LogP contribution is -2.16. The second-order valence-electron chi connectivity index (χ2n) is 6.63. The van der Waals surface area contributed by atoms with Crippen molar-refractivity contribution in [1.82, 2.24) is 5.43 Å². The Bertz CT molecular complexity index is 485. The highest BCUT2D eigenvalue weighted by Crippen LogP contribution is 2.12. The Morgan fingerprint density at radius 1 is 0.920 bits per heavy atom. The van der Waals surface area contributed by atoms with Crippen LogP contribution in [0.15, 0.2) is 29.4 Å². The third-order valence-electron chi connectivity index (χ3n) is 4.28. The number of hydrogen-bond acceptors (Lipinski definition) is 2. The summed E-state index contributed by atoms with van der Waals surface area (Å²) in [4.78, 5) is 11.7. The molecule has 25 heavy (non-hydrogen) atoms. The Kier molecular flexibility index (Phi) is 13.0. The number of hydrogen-bond donors (Lipinski definition) is 1. The molecule has 4 heteroatoms. The summed E-state index contributed by atoms with van der Waals surface area (Å²) in [7, 11) is 0. The van der Waals surface area contributed by atoms with Crippen LogP contribution in [0.4, 0.5) is 0 Å². The summed E-state index contributed by atoms with van der Waals surface area (Å²) in [5.74, 6) is -0.0128. The zero-order chi connectivity index (χ0) is 18.2. The van der Waals surface area contributed by atoms with E-state index in [0.717, 1.165) is 18.4 Å². The SMILES string of the molecule is CCCCCCCCCCCCCC(=O)N/N=C\c1ccc(Cl)cc1. The quantitative estimate of drug-likeness (QED) is 0.229. The molecule has 0 aliphatic heterocycles. The van der Waals surface area contributed by atoms with Gasteiger partial charge in [-0.15, -0.1) is 0 Å². The highest BCUT2D eigenvalue weighted by molar-refractivity contribution is 6.30. The molecule has 0 bridgehead atoms. The van der Waals surface area contributed by atoms with E-state index in [4.69, 9.17) is 11.6 Å². The van der Waals surface area contributed by atoms with Gasteiger partial charge in [0.15, 0.2) is 0 Å². The fraction of sp³-hybridized carbons (Fsp3) is 0.619. The summed E-state index contributed by atoms with van der Waals surface area (Å²) in [5.41, 5.74) is 3.49. The van der Waals surface area contributed by atoms with E-state index in [1.54, 1.807) is 18.3 Å². The topological polar surface area (TPSA) is 41.5 Å². The van der Waals surface area contributed by atoms with Gasteiger partial charge in [-0.25, -0.2) is 5.43 Å². The summed E-state index contributed by atoms with van der Waals surface area (Å²) < 4.78 is 0. The van der Waals surface area contributed by atoms with Crippen molar-refractivity contribution < 1.29 is 4.79 Å². The molecule has 140 valence electrons. The van der Waals surface area contributed by atoms with Crippen LogP contribution in [0.25, 0.3) is 0 Å². The van der Waals surface area contributed by atoms with Gasteiger partial charge in [0.05, 0.1) is 6.21 Å². The molecule has 0 aromatic heterocycles. The Labute approximate surface area is 158 Å². The summed E-state index contributed by atoms with van der Waals surface area (Å²) in [6.07, 6.45) is 16.4. The molecule has 1 aromatic carbocycles. The first-order valence-electron chi connectivity index (χ1n) is 9.80. The van der Waals surface area contributed by atoms with Crippen molar-refractivity contribution >= 4 is 23.7 Å². The molecule has 1 aromatic rings. The van der Waals surface area contributed by atoms with Gasteiger partial charge < -0.3 is 0 Å². The molecule has 0 saturated heterocycles. The number of hydrazone groups is 1. The molecule has 1 amide bonds. The van der Waals surface area contributed by atoms with Crippen molar-refractivity contribution in [3.63, 3.8) is 0 Å². The molecular formula is C21H33ClN2O. The zero-order valence-electron chi connectivity index (χ0n) is 15.6. The van der Waals surface area contributed by atoms with Gasteiger partial charge in [-0.3, -0.25) is 4.79 Å². The molecule has 0 atom stereocenters. The van der Waals surface area contributed by atoms with E-state index >= 15 is 0 Å². The van der Waals surface area contributed by atoms with Crippen LogP contribution in [-0.2, 0) is 4.79 Å². The number of carbonyl (C=O) groups excluding carboxylic acids is 1. The number of halogens is 1. The standard InChI is InChI=1S/C21H33ClN2O/c1-2-3-4-5-6-7-8-9-10-11-12-13-21(25)24-23-18-19-14-16-20(22)17-15-19/h14-18H,2-13H2,1H3,(H,24,25)/b23-18-. The summed E-state index contributed by atoms with van der Waals surface area (Å²) in [6.45, 7) is 2.26. The van der Waals surface area contributed by atoms with E-state index in [1.165, 1.54) is 57.8 Å². The van der Waals surface area contributed by atoms with E-state index in [-0.39, 0.29) is 5.91 Å². The van der Waals surface area contributed by atoms with E-state index < -0.39 is 0 Å². The predicted molar refractivity (Wildman–Crippen MR) is 108 cm³/mol. The van der Waals surface area contributed by atoms with E-state index in [0.29, 0.717) is 11.4 Å². The minimum absolute atomic E-state index is 0.0128. The molecular weight excluding hydrogens is 332 g/mol. The largest absolute Gasteiger partial charge is 0.273 e. The normalized spacial score (nSPS) is 11.1. The molecule has 3 nitrogen and oxygen atoms in total. The van der Waals surface area contributed by atoms with Crippen LogP contribution in [0.1, 0.15) is 89.5 Å². The number of rotatable bonds is 14. The number of amides is 1. The number of benzene rings is 1. The van der Waals surface area contributed by atoms with Gasteiger partial charge in [0.2, 0.25) is 5.91 Å². The van der Waals surface area contributed by atoms with Crippen molar-refractivity contribution in [2.75, 3.05) is 0 Å². The molecule has 0 heterocycles. The molecule has 0 radical (unpaired) electrons. The molecule has 0 aliphatic rings. The molecule has 1 N–H and O–H groups in total. The van der Waals surface area contributed by atoms with E-state index in [1.807, 2.05) is 12.1 Å². The van der Waals surface area contributed by atoms with Gasteiger partial charge in [-0.1, -0.05) is 94.9 Å². The van der Waals surface area contributed by atoms with Crippen molar-refractivity contribution in [2.24, 2.45) is 5.10 Å². The fourth-order valence-electron chi connectivity index (χ4n) is 2.73. The second-order valence-corrected chi connectivity index (χ2v) is 7.07. The molecule has 0 spiro atoms. The number of nitrogens with zero attached hydrogens (tertiary/aromatic N) is 1. The minimum Gasteiger partial charge on any atom is -0.273 e. The van der Waals surface area contributed by atoms with Crippen LogP contribution >= 0.6 is 11.6 Å². The lowest BCUT2D eigenvalue weighted by atomic mass is 10.1. The minimum atomic E-state index is -0.0128. The Balaban J connectivity index is 1.92. The van der Waals surface area contributed by atoms with Gasteiger partial charge in [-0.2, -0.15) is 5.10 Å². The predicted octanol–water partition coefficient (Wildman–Crippen LogP) is 6.49. The highest BCUT2D eigenvalue weighted by atomic mass is 35.5. The van der Waals surface area contributed by atoms with Crippen LogP contribution in [0.3, 0.4) is 0 Å². The first-order chi connectivity index (χ1) is 12.2. The first kappa shape index (κ1) is 21.7. The molecule has 0 aliphatic carbocycles. The molecule has 0 saturated carbocycles. The van der Waals surface area contributed by atoms with Gasteiger partial charge in [-0.05, 0) is 24.1 Å². The Morgan fingerprint density at radius 3 is 2.00 bits per heavy atom. The maximum absolute atomic E-state index is 11.7. The third kappa shape index (κ3) is 12.6. The zero-order valence-corrected chi connectivity index (χ0v) is 16.4. The fourth-order valence-corrected chi connectivity index (χ4v) is 2.86. The van der Waals surface area contributed by atoms with Crippen LogP contribution < -0.4 is 5.43 Å². The Morgan fingerprint density at radius 2 is 1.44 bits per heavy atom. The maximum Gasteiger partial charge on any atom is 0.240 e. The van der Waals surface area contributed by atoms with Crippen LogP contribution in [-0.4, -0.2) is 12.1 Å². The van der Waals surface area contributed by atoms with Crippen molar-refractivity contribution in [1.29, 1.82) is 0 Å². The van der Waals surface area contributed by atoms with Crippen LogP contribution in [0.5, 0.6) is 0 Å². The van der Waals surface area contributed by atoms with E-state index in [9.17, 15) is 4.79 Å². The lowest BCUT2D eigenvalue weighted by Gasteiger charge is -2.02.